The molecular weight excluding hydrogens is 256 g/mol. The van der Waals surface area contributed by atoms with Gasteiger partial charge in [-0.15, -0.1) is 0 Å². The number of fused-ring (bicyclic) bond motifs is 1. The molecule has 0 saturated carbocycles. The predicted molar refractivity (Wildman–Crippen MR) is 76.8 cm³/mol. The molecule has 1 unspecified atom stereocenters. The summed E-state index contributed by atoms with van der Waals surface area (Å²) in [4.78, 5) is 15.2. The second-order valence-electron chi connectivity index (χ2n) is 4.97. The quantitative estimate of drug-likeness (QED) is 0.870. The summed E-state index contributed by atoms with van der Waals surface area (Å²) in [5, 5.41) is 9.76. The maximum atomic E-state index is 10.7. The van der Waals surface area contributed by atoms with E-state index in [9.17, 15) is 4.79 Å². The van der Waals surface area contributed by atoms with Crippen molar-refractivity contribution in [2.24, 2.45) is 5.73 Å². The molecule has 0 saturated heterocycles. The lowest BCUT2D eigenvalue weighted by Gasteiger charge is -2.11. The molecule has 1 heterocycles. The van der Waals surface area contributed by atoms with Gasteiger partial charge in [0.2, 0.25) is 0 Å². The minimum absolute atomic E-state index is 0.119. The molecule has 0 fully saturated rings. The molecule has 0 radical (unpaired) electrons. The topological polar surface area (TPSA) is 85.4 Å². The summed E-state index contributed by atoms with van der Waals surface area (Å²) >= 11 is 0. The van der Waals surface area contributed by atoms with Crippen molar-refractivity contribution in [1.82, 2.24) is 4.98 Å². The first-order valence-electron chi connectivity index (χ1n) is 6.50. The number of rotatable bonds is 5. The molecule has 1 aromatic carbocycles. The third-order valence-corrected chi connectivity index (χ3v) is 2.84. The van der Waals surface area contributed by atoms with E-state index in [4.69, 9.17) is 15.6 Å². The van der Waals surface area contributed by atoms with Gasteiger partial charge in [0, 0.05) is 17.5 Å². The lowest BCUT2D eigenvalue weighted by Crippen LogP contribution is -2.32. The lowest BCUT2D eigenvalue weighted by molar-refractivity contribution is -0.138. The van der Waals surface area contributed by atoms with Crippen LogP contribution in [0.15, 0.2) is 30.3 Å². The molecule has 2 aromatic rings. The van der Waals surface area contributed by atoms with Crippen molar-refractivity contribution in [2.45, 2.75) is 32.4 Å². The van der Waals surface area contributed by atoms with E-state index >= 15 is 0 Å². The van der Waals surface area contributed by atoms with Crippen LogP contribution in [-0.4, -0.2) is 28.2 Å². The number of hydrogen-bond acceptors (Lipinski definition) is 4. The molecule has 5 heteroatoms. The molecule has 106 valence electrons. The number of carboxylic acid groups (broad SMARTS) is 1. The molecule has 5 nitrogen and oxygen atoms in total. The van der Waals surface area contributed by atoms with E-state index in [1.165, 1.54) is 0 Å². The van der Waals surface area contributed by atoms with Crippen LogP contribution < -0.4 is 10.5 Å². The lowest BCUT2D eigenvalue weighted by atomic mass is 10.1. The summed E-state index contributed by atoms with van der Waals surface area (Å²) < 4.78 is 5.62. The van der Waals surface area contributed by atoms with Crippen molar-refractivity contribution in [3.63, 3.8) is 0 Å². The van der Waals surface area contributed by atoms with E-state index in [0.717, 1.165) is 16.7 Å². The molecule has 0 aliphatic rings. The van der Waals surface area contributed by atoms with Crippen molar-refractivity contribution < 1.29 is 14.6 Å². The summed E-state index contributed by atoms with van der Waals surface area (Å²) in [6.45, 7) is 3.94. The maximum absolute atomic E-state index is 10.7. The van der Waals surface area contributed by atoms with Gasteiger partial charge in [-0.3, -0.25) is 9.78 Å². The zero-order chi connectivity index (χ0) is 14.7. The molecule has 0 aliphatic carbocycles. The molecular formula is C15H18N2O3. The number of nitrogens with zero attached hydrogens (tertiary/aromatic N) is 1. The van der Waals surface area contributed by atoms with Crippen molar-refractivity contribution in [1.29, 1.82) is 0 Å². The fourth-order valence-corrected chi connectivity index (χ4v) is 1.92. The fourth-order valence-electron chi connectivity index (χ4n) is 1.92. The Kier molecular flexibility index (Phi) is 4.20. The van der Waals surface area contributed by atoms with E-state index in [0.29, 0.717) is 5.69 Å². The summed E-state index contributed by atoms with van der Waals surface area (Å²) in [5.74, 6) is -0.225. The third kappa shape index (κ3) is 3.45. The van der Waals surface area contributed by atoms with Crippen LogP contribution in [0.2, 0.25) is 0 Å². The number of nitrogens with two attached hydrogens (primary N) is 1. The van der Waals surface area contributed by atoms with Crippen LogP contribution >= 0.6 is 0 Å². The zero-order valence-corrected chi connectivity index (χ0v) is 11.5. The number of ether oxygens (including phenoxy) is 1. The van der Waals surface area contributed by atoms with Gasteiger partial charge in [0.15, 0.2) is 0 Å². The number of aromatic nitrogens is 1. The van der Waals surface area contributed by atoms with Crippen LogP contribution in [0.4, 0.5) is 0 Å². The Morgan fingerprint density at radius 3 is 2.75 bits per heavy atom. The largest absolute Gasteiger partial charge is 0.491 e. The van der Waals surface area contributed by atoms with Gasteiger partial charge >= 0.3 is 5.97 Å². The molecule has 20 heavy (non-hydrogen) atoms. The number of pyridine rings is 1. The van der Waals surface area contributed by atoms with Crippen LogP contribution in [-0.2, 0) is 11.2 Å². The Balaban J connectivity index is 2.24. The summed E-state index contributed by atoms with van der Waals surface area (Å²) in [5.41, 5.74) is 6.99. The summed E-state index contributed by atoms with van der Waals surface area (Å²) in [6.07, 6.45) is 0.337. The van der Waals surface area contributed by atoms with Gasteiger partial charge in [0.05, 0.1) is 11.6 Å². The maximum Gasteiger partial charge on any atom is 0.320 e. The molecule has 3 N–H and O–H groups in total. The van der Waals surface area contributed by atoms with Crippen LogP contribution in [0, 0.1) is 0 Å². The van der Waals surface area contributed by atoms with E-state index in [-0.39, 0.29) is 12.5 Å². The minimum atomic E-state index is -1.02. The van der Waals surface area contributed by atoms with Crippen LogP contribution in [0.5, 0.6) is 5.75 Å². The van der Waals surface area contributed by atoms with Gasteiger partial charge in [0.25, 0.3) is 0 Å². The van der Waals surface area contributed by atoms with Gasteiger partial charge in [-0.25, -0.2) is 0 Å². The van der Waals surface area contributed by atoms with E-state index in [2.05, 4.69) is 4.98 Å². The second kappa shape index (κ2) is 5.88. The standard InChI is InChI=1S/C15H18N2O3/c1-9(2)20-12-5-6-14-10(7-12)3-4-11(17-14)8-13(16)15(18)19/h3-7,9,13H,8,16H2,1-2H3,(H,18,19). The van der Waals surface area contributed by atoms with Crippen molar-refractivity contribution >= 4 is 16.9 Å². The van der Waals surface area contributed by atoms with E-state index in [1.807, 2.05) is 38.1 Å². The zero-order valence-electron chi connectivity index (χ0n) is 11.5. The van der Waals surface area contributed by atoms with Gasteiger partial charge in [-0.2, -0.15) is 0 Å². The summed E-state index contributed by atoms with van der Waals surface area (Å²) in [7, 11) is 0. The third-order valence-electron chi connectivity index (χ3n) is 2.84. The number of carboxylic acids is 1. The molecule has 1 atom stereocenters. The van der Waals surface area contributed by atoms with Gasteiger partial charge in [-0.05, 0) is 38.1 Å². The number of aliphatic carboxylic acids is 1. The molecule has 0 spiro atoms. The Labute approximate surface area is 117 Å². The van der Waals surface area contributed by atoms with E-state index in [1.54, 1.807) is 6.07 Å². The molecule has 0 bridgehead atoms. The van der Waals surface area contributed by atoms with E-state index < -0.39 is 12.0 Å². The normalized spacial score (nSPS) is 12.6. The van der Waals surface area contributed by atoms with Gasteiger partial charge in [-0.1, -0.05) is 6.07 Å². The van der Waals surface area contributed by atoms with Crippen molar-refractivity contribution in [2.75, 3.05) is 0 Å². The molecule has 0 aliphatic heterocycles. The Morgan fingerprint density at radius 1 is 1.35 bits per heavy atom. The van der Waals surface area contributed by atoms with Crippen LogP contribution in [0.25, 0.3) is 10.9 Å². The first-order chi connectivity index (χ1) is 9.45. The Hall–Kier alpha value is -2.14. The average molecular weight is 274 g/mol. The SMILES string of the molecule is CC(C)Oc1ccc2nc(CC(N)C(=O)O)ccc2c1. The average Bonchev–Trinajstić information content (AvgIpc) is 2.38. The van der Waals surface area contributed by atoms with Gasteiger partial charge in [0.1, 0.15) is 11.8 Å². The minimum Gasteiger partial charge on any atom is -0.491 e. The number of hydrogen-bond donors (Lipinski definition) is 2. The highest BCUT2D eigenvalue weighted by Gasteiger charge is 2.13. The Bertz CT molecular complexity index is 626. The van der Waals surface area contributed by atoms with Crippen LogP contribution in [0.1, 0.15) is 19.5 Å². The fraction of sp³-hybridized carbons (Fsp3) is 0.333. The monoisotopic (exact) mass is 274 g/mol. The second-order valence-corrected chi connectivity index (χ2v) is 4.97. The highest BCUT2D eigenvalue weighted by molar-refractivity contribution is 5.80. The first kappa shape index (κ1) is 14.3. The van der Waals surface area contributed by atoms with Crippen LogP contribution in [0.3, 0.4) is 0 Å². The molecule has 0 amide bonds. The smallest absolute Gasteiger partial charge is 0.320 e. The highest BCUT2D eigenvalue weighted by atomic mass is 16.5. The van der Waals surface area contributed by atoms with Crippen molar-refractivity contribution in [3.05, 3.63) is 36.0 Å². The number of benzene rings is 1. The molecule has 1 aromatic heterocycles. The molecule has 2 rings (SSSR count). The van der Waals surface area contributed by atoms with Gasteiger partial charge < -0.3 is 15.6 Å². The first-order valence-corrected chi connectivity index (χ1v) is 6.50. The Morgan fingerprint density at radius 2 is 2.10 bits per heavy atom. The predicted octanol–water partition coefficient (Wildman–Crippen LogP) is 1.98. The van der Waals surface area contributed by atoms with Crippen molar-refractivity contribution in [3.8, 4) is 5.75 Å². The summed E-state index contributed by atoms with van der Waals surface area (Å²) in [6, 6.07) is 8.41. The highest BCUT2D eigenvalue weighted by Crippen LogP contribution is 2.21. The number of carbonyl (C=O) groups is 1.